The molecule has 1 heterocycles. The van der Waals surface area contributed by atoms with Gasteiger partial charge in [0, 0.05) is 27.2 Å². The quantitative estimate of drug-likeness (QED) is 0.626. The number of H-pyrrole nitrogens is 1. The highest BCUT2D eigenvalue weighted by Crippen LogP contribution is 2.33. The van der Waals surface area contributed by atoms with Crippen molar-refractivity contribution < 1.29 is 18.0 Å². The molecule has 0 bridgehead atoms. The summed E-state index contributed by atoms with van der Waals surface area (Å²) in [6.07, 6.45) is -4.42. The first-order valence-electron chi connectivity index (χ1n) is 6.77. The van der Waals surface area contributed by atoms with Gasteiger partial charge in [-0.2, -0.15) is 13.2 Å². The zero-order valence-electron chi connectivity index (χ0n) is 12.0. The van der Waals surface area contributed by atoms with Crippen molar-refractivity contribution in [1.29, 1.82) is 0 Å². The molecule has 0 aliphatic heterocycles. The van der Waals surface area contributed by atoms with E-state index in [4.69, 9.17) is 11.6 Å². The molecule has 0 saturated heterocycles. The summed E-state index contributed by atoms with van der Waals surface area (Å²) in [7, 11) is 0. The predicted octanol–water partition coefficient (Wildman–Crippen LogP) is 5.38. The number of fused-ring (bicyclic) bond motifs is 1. The molecule has 0 aliphatic carbocycles. The lowest BCUT2D eigenvalue weighted by Gasteiger charge is -2.06. The van der Waals surface area contributed by atoms with Crippen LogP contribution in [0.3, 0.4) is 0 Å². The summed E-state index contributed by atoms with van der Waals surface area (Å²) in [5, 5.41) is 0.975. The number of hydrogen-bond donors (Lipinski definition) is 1. The lowest BCUT2D eigenvalue weighted by molar-refractivity contribution is -0.137. The van der Waals surface area contributed by atoms with E-state index < -0.39 is 11.7 Å². The van der Waals surface area contributed by atoms with Crippen molar-refractivity contribution >= 4 is 28.3 Å². The van der Waals surface area contributed by atoms with Gasteiger partial charge in [0.2, 0.25) is 0 Å². The van der Waals surface area contributed by atoms with Crippen LogP contribution in [0.15, 0.2) is 42.5 Å². The van der Waals surface area contributed by atoms with Crippen molar-refractivity contribution in [2.45, 2.75) is 13.1 Å². The molecule has 6 heteroatoms. The molecule has 0 fully saturated rings. The normalized spacial score (nSPS) is 11.9. The first-order chi connectivity index (χ1) is 10.8. The van der Waals surface area contributed by atoms with Gasteiger partial charge in [0.05, 0.1) is 11.1 Å². The highest BCUT2D eigenvalue weighted by atomic mass is 35.5. The maximum Gasteiger partial charge on any atom is 0.416 e. The van der Waals surface area contributed by atoms with Crippen LogP contribution >= 0.6 is 11.6 Å². The Hall–Kier alpha value is -2.27. The highest BCUT2D eigenvalue weighted by molar-refractivity contribution is 6.30. The lowest BCUT2D eigenvalue weighted by atomic mass is 10.00. The van der Waals surface area contributed by atoms with E-state index in [2.05, 4.69) is 4.98 Å². The fourth-order valence-electron chi connectivity index (χ4n) is 2.55. The van der Waals surface area contributed by atoms with Gasteiger partial charge in [-0.25, -0.2) is 0 Å². The highest BCUT2D eigenvalue weighted by Gasteiger charge is 2.31. The van der Waals surface area contributed by atoms with Crippen LogP contribution in [0.4, 0.5) is 13.2 Å². The monoisotopic (exact) mass is 337 g/mol. The van der Waals surface area contributed by atoms with Gasteiger partial charge in [-0.3, -0.25) is 4.79 Å². The predicted molar refractivity (Wildman–Crippen MR) is 82.9 cm³/mol. The molecule has 0 saturated carbocycles. The molecule has 2 aromatic carbocycles. The second-order valence-corrected chi connectivity index (χ2v) is 5.66. The number of carbonyl (C=O) groups excluding carboxylic acids is 1. The Morgan fingerprint density at radius 3 is 2.35 bits per heavy atom. The van der Waals surface area contributed by atoms with E-state index in [9.17, 15) is 18.0 Å². The summed E-state index contributed by atoms with van der Waals surface area (Å²) in [5.41, 5.74) is 0.861. The molecular weight excluding hydrogens is 327 g/mol. The number of benzene rings is 2. The van der Waals surface area contributed by atoms with Crippen LogP contribution in [0.5, 0.6) is 0 Å². The summed E-state index contributed by atoms with van der Waals surface area (Å²) in [5.74, 6) is -0.259. The van der Waals surface area contributed by atoms with Crippen LogP contribution in [-0.4, -0.2) is 10.8 Å². The molecule has 3 rings (SSSR count). The molecule has 3 aromatic rings. The van der Waals surface area contributed by atoms with Gasteiger partial charge in [0.1, 0.15) is 0 Å². The minimum atomic E-state index is -4.42. The molecule has 0 aliphatic rings. The standard InChI is InChI=1S/C17H11ClF3NO/c1-9-15(16(23)10-2-5-12(18)6-3-10)13-7-4-11(17(19,20)21)8-14(13)22-9/h2-8,22H,1H3. The maximum absolute atomic E-state index is 12.8. The van der Waals surface area contributed by atoms with E-state index in [1.807, 2.05) is 0 Å². The van der Waals surface area contributed by atoms with Crippen molar-refractivity contribution in [3.05, 3.63) is 69.9 Å². The molecule has 2 nitrogen and oxygen atoms in total. The Bertz CT molecular complexity index is 895. The zero-order valence-corrected chi connectivity index (χ0v) is 12.7. The zero-order chi connectivity index (χ0) is 16.8. The SMILES string of the molecule is Cc1[nH]c2cc(C(F)(F)F)ccc2c1C(=O)c1ccc(Cl)cc1. The summed E-state index contributed by atoms with van der Waals surface area (Å²) in [6, 6.07) is 9.70. The van der Waals surface area contributed by atoms with Gasteiger partial charge in [-0.1, -0.05) is 17.7 Å². The number of aromatic amines is 1. The molecule has 1 N–H and O–H groups in total. The largest absolute Gasteiger partial charge is 0.416 e. The van der Waals surface area contributed by atoms with Crippen LogP contribution in [-0.2, 0) is 6.18 Å². The van der Waals surface area contributed by atoms with Crippen molar-refractivity contribution in [2.24, 2.45) is 0 Å². The average Bonchev–Trinajstić information content (AvgIpc) is 2.81. The fraction of sp³-hybridized carbons (Fsp3) is 0.118. The minimum absolute atomic E-state index is 0.259. The van der Waals surface area contributed by atoms with E-state index in [-0.39, 0.29) is 11.3 Å². The van der Waals surface area contributed by atoms with E-state index in [1.165, 1.54) is 6.07 Å². The molecular formula is C17H11ClF3NO. The summed E-state index contributed by atoms with van der Waals surface area (Å²) in [6.45, 7) is 1.66. The number of carbonyl (C=O) groups is 1. The Morgan fingerprint density at radius 1 is 1.09 bits per heavy atom. The third kappa shape index (κ3) is 2.84. The van der Waals surface area contributed by atoms with Crippen LogP contribution in [0, 0.1) is 6.92 Å². The van der Waals surface area contributed by atoms with Crippen LogP contribution in [0.25, 0.3) is 10.9 Å². The second kappa shape index (κ2) is 5.42. The van der Waals surface area contributed by atoms with Crippen LogP contribution < -0.4 is 0 Å². The summed E-state index contributed by atoms with van der Waals surface area (Å²) in [4.78, 5) is 15.5. The first-order valence-corrected chi connectivity index (χ1v) is 7.15. The minimum Gasteiger partial charge on any atom is -0.358 e. The van der Waals surface area contributed by atoms with Crippen LogP contribution in [0.2, 0.25) is 5.02 Å². The molecule has 1 aromatic heterocycles. The van der Waals surface area contributed by atoms with E-state index in [1.54, 1.807) is 31.2 Å². The first kappa shape index (κ1) is 15.6. The molecule has 0 radical (unpaired) electrons. The van der Waals surface area contributed by atoms with Gasteiger partial charge in [0.25, 0.3) is 0 Å². The number of halogens is 4. The van der Waals surface area contributed by atoms with E-state index in [0.717, 1.165) is 12.1 Å². The van der Waals surface area contributed by atoms with Gasteiger partial charge >= 0.3 is 6.18 Å². The number of rotatable bonds is 2. The molecule has 0 spiro atoms. The van der Waals surface area contributed by atoms with Crippen molar-refractivity contribution in [2.75, 3.05) is 0 Å². The lowest BCUT2D eigenvalue weighted by Crippen LogP contribution is -2.04. The van der Waals surface area contributed by atoms with Crippen molar-refractivity contribution in [3.63, 3.8) is 0 Å². The number of ketones is 1. The molecule has 23 heavy (non-hydrogen) atoms. The van der Waals surface area contributed by atoms with Crippen molar-refractivity contribution in [3.8, 4) is 0 Å². The fourth-order valence-corrected chi connectivity index (χ4v) is 2.67. The topological polar surface area (TPSA) is 32.9 Å². The Labute approximate surface area is 134 Å². The van der Waals surface area contributed by atoms with Gasteiger partial charge in [0.15, 0.2) is 5.78 Å². The second-order valence-electron chi connectivity index (χ2n) is 5.22. The molecule has 0 atom stereocenters. The van der Waals surface area contributed by atoms with Crippen LogP contribution in [0.1, 0.15) is 27.2 Å². The smallest absolute Gasteiger partial charge is 0.358 e. The number of aromatic nitrogens is 1. The molecule has 0 amide bonds. The number of alkyl halides is 3. The number of nitrogens with one attached hydrogen (secondary N) is 1. The summed E-state index contributed by atoms with van der Waals surface area (Å²) >= 11 is 5.80. The Balaban J connectivity index is 2.12. The summed E-state index contributed by atoms with van der Waals surface area (Å²) < 4.78 is 38.4. The molecule has 0 unspecified atom stereocenters. The average molecular weight is 338 g/mol. The van der Waals surface area contributed by atoms with Gasteiger partial charge in [-0.05, 0) is 43.3 Å². The van der Waals surface area contributed by atoms with Gasteiger partial charge < -0.3 is 4.98 Å². The van der Waals surface area contributed by atoms with E-state index in [0.29, 0.717) is 27.2 Å². The number of hydrogen-bond acceptors (Lipinski definition) is 1. The van der Waals surface area contributed by atoms with E-state index >= 15 is 0 Å². The molecule has 118 valence electrons. The third-order valence-electron chi connectivity index (χ3n) is 3.65. The number of aryl methyl sites for hydroxylation is 1. The maximum atomic E-state index is 12.8. The third-order valence-corrected chi connectivity index (χ3v) is 3.90. The van der Waals surface area contributed by atoms with Crippen molar-refractivity contribution in [1.82, 2.24) is 4.98 Å². The Morgan fingerprint density at radius 2 is 1.74 bits per heavy atom. The van der Waals surface area contributed by atoms with Gasteiger partial charge in [-0.15, -0.1) is 0 Å². The Kier molecular flexibility index (Phi) is 3.68.